The number of halogens is 1. The monoisotopic (exact) mass is 227 g/mol. The van der Waals surface area contributed by atoms with Crippen LogP contribution in [0.3, 0.4) is 0 Å². The second-order valence-electron chi connectivity index (χ2n) is 4.22. The van der Waals surface area contributed by atoms with E-state index < -0.39 is 0 Å². The number of rotatable bonds is 5. The molecule has 0 radical (unpaired) electrons. The van der Waals surface area contributed by atoms with Gasteiger partial charge in [0, 0.05) is 28.2 Å². The molecule has 0 spiro atoms. The van der Waals surface area contributed by atoms with Crippen LogP contribution in [0.4, 0.5) is 0 Å². The number of fused-ring (bicyclic) bond motifs is 2. The minimum atomic E-state index is -0.253. The van der Waals surface area contributed by atoms with Crippen LogP contribution in [0.5, 0.6) is 0 Å². The molecule has 2 aliphatic carbocycles. The van der Waals surface area contributed by atoms with E-state index in [1.54, 1.807) is 0 Å². The van der Waals surface area contributed by atoms with Crippen molar-refractivity contribution in [1.29, 1.82) is 0 Å². The summed E-state index contributed by atoms with van der Waals surface area (Å²) in [5.74, 6) is 0.972. The van der Waals surface area contributed by atoms with Gasteiger partial charge in [-0.3, -0.25) is 10.1 Å². The third-order valence-electron chi connectivity index (χ3n) is 3.20. The minimum Gasteiger partial charge on any atom is -0.265 e. The summed E-state index contributed by atoms with van der Waals surface area (Å²) < 4.78 is 0. The molecule has 2 bridgehead atoms. The predicted octanol–water partition coefficient (Wildman–Crippen LogP) is 3.13. The maximum absolute atomic E-state index is 10.1. The molecule has 2 aliphatic rings. The third-order valence-corrected chi connectivity index (χ3v) is 3.72. The van der Waals surface area contributed by atoms with Gasteiger partial charge >= 0.3 is 0 Å². The molecule has 0 aromatic heterocycles. The van der Waals surface area contributed by atoms with Crippen LogP contribution < -0.4 is 0 Å². The molecule has 0 aromatic carbocycles. The van der Waals surface area contributed by atoms with E-state index in [0.717, 1.165) is 24.3 Å². The lowest BCUT2D eigenvalue weighted by molar-refractivity contribution is -0.480. The molecule has 2 atom stereocenters. The SMILES string of the molecule is O=[N+]([O-])CCCCC1=C(Cl)C2C=CC1C2. The highest BCUT2D eigenvalue weighted by molar-refractivity contribution is 6.30. The quantitative estimate of drug-likeness (QED) is 0.313. The van der Waals surface area contributed by atoms with Gasteiger partial charge in [-0.25, -0.2) is 0 Å². The molecule has 0 aliphatic heterocycles. The Hall–Kier alpha value is -0.830. The Morgan fingerprint density at radius 1 is 1.40 bits per heavy atom. The molecule has 0 aromatic rings. The number of unbranched alkanes of at least 4 members (excludes halogenated alkanes) is 1. The van der Waals surface area contributed by atoms with Gasteiger partial charge in [-0.1, -0.05) is 23.8 Å². The highest BCUT2D eigenvalue weighted by Crippen LogP contribution is 2.47. The summed E-state index contributed by atoms with van der Waals surface area (Å²) in [7, 11) is 0. The molecule has 2 unspecified atom stereocenters. The number of hydrogen-bond acceptors (Lipinski definition) is 2. The van der Waals surface area contributed by atoms with Crippen molar-refractivity contribution in [1.82, 2.24) is 0 Å². The molecule has 2 rings (SSSR count). The van der Waals surface area contributed by atoms with Crippen LogP contribution >= 0.6 is 11.6 Å². The maximum atomic E-state index is 10.1. The lowest BCUT2D eigenvalue weighted by atomic mass is 9.97. The molecule has 82 valence electrons. The fourth-order valence-corrected chi connectivity index (χ4v) is 2.82. The predicted molar refractivity (Wildman–Crippen MR) is 59.3 cm³/mol. The summed E-state index contributed by atoms with van der Waals surface area (Å²) in [5, 5.41) is 11.1. The van der Waals surface area contributed by atoms with Crippen molar-refractivity contribution in [3.63, 3.8) is 0 Å². The Morgan fingerprint density at radius 2 is 2.13 bits per heavy atom. The zero-order valence-corrected chi connectivity index (χ0v) is 9.24. The van der Waals surface area contributed by atoms with Crippen LogP contribution in [0.15, 0.2) is 22.8 Å². The van der Waals surface area contributed by atoms with Crippen molar-refractivity contribution in [3.8, 4) is 0 Å². The van der Waals surface area contributed by atoms with E-state index in [-0.39, 0.29) is 11.5 Å². The van der Waals surface area contributed by atoms with Gasteiger partial charge in [0.1, 0.15) is 0 Å². The summed E-state index contributed by atoms with van der Waals surface area (Å²) in [5.41, 5.74) is 1.33. The first-order valence-corrected chi connectivity index (χ1v) is 5.75. The third kappa shape index (κ3) is 2.23. The van der Waals surface area contributed by atoms with E-state index in [2.05, 4.69) is 12.2 Å². The van der Waals surface area contributed by atoms with Gasteiger partial charge in [-0.2, -0.15) is 0 Å². The molecule has 3 nitrogen and oxygen atoms in total. The zero-order chi connectivity index (χ0) is 10.8. The van der Waals surface area contributed by atoms with E-state index in [9.17, 15) is 10.1 Å². The van der Waals surface area contributed by atoms with Gasteiger partial charge in [0.25, 0.3) is 0 Å². The highest BCUT2D eigenvalue weighted by Gasteiger charge is 2.33. The summed E-state index contributed by atoms with van der Waals surface area (Å²) in [6.07, 6.45) is 7.99. The largest absolute Gasteiger partial charge is 0.265 e. The lowest BCUT2D eigenvalue weighted by Gasteiger charge is -2.10. The van der Waals surface area contributed by atoms with Gasteiger partial charge in [0.15, 0.2) is 0 Å². The van der Waals surface area contributed by atoms with Crippen LogP contribution in [-0.2, 0) is 0 Å². The Morgan fingerprint density at radius 3 is 2.73 bits per heavy atom. The molecule has 0 N–H and O–H groups in total. The van der Waals surface area contributed by atoms with Crippen LogP contribution in [-0.4, -0.2) is 11.5 Å². The molecule has 4 heteroatoms. The van der Waals surface area contributed by atoms with Crippen molar-refractivity contribution in [3.05, 3.63) is 32.9 Å². The van der Waals surface area contributed by atoms with Crippen molar-refractivity contribution >= 4 is 11.6 Å². The number of allylic oxidation sites excluding steroid dienone is 4. The van der Waals surface area contributed by atoms with Crippen molar-refractivity contribution < 1.29 is 4.92 Å². The van der Waals surface area contributed by atoms with Gasteiger partial charge in [-0.15, -0.1) is 0 Å². The van der Waals surface area contributed by atoms with Crippen molar-refractivity contribution in [2.24, 2.45) is 11.8 Å². The Kier molecular flexibility index (Phi) is 3.10. The normalized spacial score (nSPS) is 27.8. The molecule has 0 heterocycles. The number of hydrogen-bond donors (Lipinski definition) is 0. The van der Waals surface area contributed by atoms with Crippen LogP contribution in [0.2, 0.25) is 0 Å². The van der Waals surface area contributed by atoms with Crippen molar-refractivity contribution in [2.75, 3.05) is 6.54 Å². The highest BCUT2D eigenvalue weighted by atomic mass is 35.5. The van der Waals surface area contributed by atoms with E-state index in [4.69, 9.17) is 11.6 Å². The molecular formula is C11H14ClNO2. The first-order chi connectivity index (χ1) is 7.18. The molecule has 15 heavy (non-hydrogen) atoms. The second kappa shape index (κ2) is 4.35. The van der Waals surface area contributed by atoms with Gasteiger partial charge in [-0.05, 0) is 24.8 Å². The van der Waals surface area contributed by atoms with E-state index in [0.29, 0.717) is 18.3 Å². The maximum Gasteiger partial charge on any atom is 0.203 e. The lowest BCUT2D eigenvalue weighted by Crippen LogP contribution is -2.01. The van der Waals surface area contributed by atoms with Gasteiger partial charge < -0.3 is 0 Å². The van der Waals surface area contributed by atoms with E-state index >= 15 is 0 Å². The standard InChI is InChI=1S/C11H14ClNO2/c12-11-9-5-4-8(7-9)10(11)3-1-2-6-13(14)15/h4-5,8-9H,1-3,6-7H2. The average Bonchev–Trinajstić information content (AvgIpc) is 2.74. The smallest absolute Gasteiger partial charge is 0.203 e. The summed E-state index contributed by atoms with van der Waals surface area (Å²) in [6.45, 7) is 0.0782. The summed E-state index contributed by atoms with van der Waals surface area (Å²) in [4.78, 5) is 9.89. The van der Waals surface area contributed by atoms with Crippen LogP contribution in [0.1, 0.15) is 25.7 Å². The van der Waals surface area contributed by atoms with Gasteiger partial charge in [0.05, 0.1) is 0 Å². The average molecular weight is 228 g/mol. The Labute approximate surface area is 94.0 Å². The second-order valence-corrected chi connectivity index (χ2v) is 4.63. The molecule has 0 saturated heterocycles. The molecule has 0 fully saturated rings. The van der Waals surface area contributed by atoms with Crippen LogP contribution in [0, 0.1) is 22.0 Å². The fraction of sp³-hybridized carbons (Fsp3) is 0.636. The number of nitrogens with zero attached hydrogens (tertiary/aromatic N) is 1. The van der Waals surface area contributed by atoms with Crippen LogP contribution in [0.25, 0.3) is 0 Å². The van der Waals surface area contributed by atoms with E-state index in [1.807, 2.05) is 0 Å². The zero-order valence-electron chi connectivity index (χ0n) is 8.49. The Balaban J connectivity index is 1.78. The molecule has 0 amide bonds. The fourth-order valence-electron chi connectivity index (χ4n) is 2.42. The van der Waals surface area contributed by atoms with E-state index in [1.165, 1.54) is 5.57 Å². The first-order valence-electron chi connectivity index (χ1n) is 5.37. The first kappa shape index (κ1) is 10.7. The number of nitro groups is 1. The summed E-state index contributed by atoms with van der Waals surface area (Å²) in [6, 6.07) is 0. The molecule has 0 saturated carbocycles. The molecular weight excluding hydrogens is 214 g/mol. The minimum absolute atomic E-state index is 0.0782. The summed E-state index contributed by atoms with van der Waals surface area (Å²) >= 11 is 6.21. The topological polar surface area (TPSA) is 43.1 Å². The van der Waals surface area contributed by atoms with Gasteiger partial charge in [0.2, 0.25) is 6.54 Å². The Bertz CT molecular complexity index is 335. The van der Waals surface area contributed by atoms with Crippen molar-refractivity contribution in [2.45, 2.75) is 25.7 Å².